The molecule has 3 rings (SSSR count). The Bertz CT molecular complexity index is 705. The van der Waals surface area contributed by atoms with E-state index in [4.69, 9.17) is 4.74 Å². The summed E-state index contributed by atoms with van der Waals surface area (Å²) >= 11 is 0. The SMILES string of the molecule is C=C(COCC(O)(CCC)CCC)[C@H]1CC[C@H]2C(=CC=C3C[C@@H](O)C[C@H](O)C3)CCC[C@]12C. The van der Waals surface area contributed by atoms with Crippen LogP contribution < -0.4 is 0 Å². The van der Waals surface area contributed by atoms with Gasteiger partial charge in [0.25, 0.3) is 0 Å². The minimum Gasteiger partial charge on any atom is -0.393 e. The molecular weight excluding hydrogens is 412 g/mol. The van der Waals surface area contributed by atoms with Crippen LogP contribution in [0.2, 0.25) is 0 Å². The first kappa shape index (κ1) is 26.7. The summed E-state index contributed by atoms with van der Waals surface area (Å²) < 4.78 is 6.06. The van der Waals surface area contributed by atoms with Crippen molar-refractivity contribution in [1.29, 1.82) is 0 Å². The minimum absolute atomic E-state index is 0.220. The van der Waals surface area contributed by atoms with Gasteiger partial charge in [-0.1, -0.05) is 63.5 Å². The van der Waals surface area contributed by atoms with Crippen LogP contribution in [0.3, 0.4) is 0 Å². The standard InChI is InChI=1S/C29H48O4/c1-5-13-29(32,14-6-2)20-33-19-21(3)26-11-12-27-23(8-7-15-28(26,27)4)10-9-22-16-24(30)18-25(31)17-22/h9-10,24-27,30-32H,3,5-8,11-20H2,1-2,4H3/t24-,25-,26-,27+,28-/m1/s1. The van der Waals surface area contributed by atoms with Crippen molar-refractivity contribution in [2.75, 3.05) is 13.2 Å². The lowest BCUT2D eigenvalue weighted by Crippen LogP contribution is -2.36. The molecule has 3 aliphatic rings. The third kappa shape index (κ3) is 6.60. The predicted molar refractivity (Wildman–Crippen MR) is 135 cm³/mol. The second-order valence-electron chi connectivity index (χ2n) is 11.4. The van der Waals surface area contributed by atoms with Gasteiger partial charge in [-0.3, -0.25) is 0 Å². The lowest BCUT2D eigenvalue weighted by atomic mass is 9.62. The Morgan fingerprint density at radius 3 is 2.42 bits per heavy atom. The fraction of sp³-hybridized carbons (Fsp3) is 0.793. The van der Waals surface area contributed by atoms with Crippen LogP contribution in [0, 0.1) is 17.3 Å². The molecule has 3 N–H and O–H groups in total. The molecule has 0 aromatic rings. The van der Waals surface area contributed by atoms with Crippen molar-refractivity contribution in [1.82, 2.24) is 0 Å². The zero-order chi connectivity index (χ0) is 24.1. The molecule has 0 radical (unpaired) electrons. The molecule has 0 unspecified atom stereocenters. The van der Waals surface area contributed by atoms with Crippen LogP contribution in [-0.2, 0) is 4.74 Å². The number of rotatable bonds is 10. The molecule has 4 nitrogen and oxygen atoms in total. The molecule has 0 aromatic carbocycles. The van der Waals surface area contributed by atoms with Crippen LogP contribution in [0.25, 0.3) is 0 Å². The van der Waals surface area contributed by atoms with Gasteiger partial charge in [-0.15, -0.1) is 0 Å². The molecule has 0 spiro atoms. The topological polar surface area (TPSA) is 69.9 Å². The summed E-state index contributed by atoms with van der Waals surface area (Å²) in [5.74, 6) is 1.03. The molecule has 0 bridgehead atoms. The van der Waals surface area contributed by atoms with Crippen LogP contribution in [0.5, 0.6) is 0 Å². The van der Waals surface area contributed by atoms with Gasteiger partial charge in [0.2, 0.25) is 0 Å². The van der Waals surface area contributed by atoms with Crippen molar-refractivity contribution in [3.05, 3.63) is 35.5 Å². The summed E-state index contributed by atoms with van der Waals surface area (Å²) in [7, 11) is 0. The number of fused-ring (bicyclic) bond motifs is 1. The normalized spacial score (nSPS) is 33.9. The van der Waals surface area contributed by atoms with Gasteiger partial charge in [-0.25, -0.2) is 0 Å². The minimum atomic E-state index is -0.708. The molecule has 3 aliphatic carbocycles. The molecule has 0 saturated heterocycles. The van der Waals surface area contributed by atoms with Crippen molar-refractivity contribution in [2.24, 2.45) is 17.3 Å². The van der Waals surface area contributed by atoms with E-state index in [1.165, 1.54) is 36.0 Å². The molecule has 3 saturated carbocycles. The van der Waals surface area contributed by atoms with E-state index in [-0.39, 0.29) is 5.41 Å². The third-order valence-corrected chi connectivity index (χ3v) is 8.62. The largest absolute Gasteiger partial charge is 0.393 e. The third-order valence-electron chi connectivity index (χ3n) is 8.62. The Morgan fingerprint density at radius 2 is 1.79 bits per heavy atom. The molecule has 188 valence electrons. The van der Waals surface area contributed by atoms with E-state index in [0.29, 0.717) is 44.3 Å². The second-order valence-corrected chi connectivity index (χ2v) is 11.4. The highest BCUT2D eigenvalue weighted by Crippen LogP contribution is 2.59. The Hall–Kier alpha value is -0.940. The Labute approximate surface area is 201 Å². The predicted octanol–water partition coefficient (Wildman–Crippen LogP) is 5.87. The van der Waals surface area contributed by atoms with Crippen molar-refractivity contribution in [3.8, 4) is 0 Å². The summed E-state index contributed by atoms with van der Waals surface area (Å²) in [5.41, 5.74) is 3.40. The maximum absolute atomic E-state index is 10.9. The van der Waals surface area contributed by atoms with Crippen molar-refractivity contribution >= 4 is 0 Å². The molecule has 0 amide bonds. The first-order valence-corrected chi connectivity index (χ1v) is 13.4. The van der Waals surface area contributed by atoms with E-state index in [0.717, 1.165) is 38.5 Å². The van der Waals surface area contributed by atoms with E-state index in [1.54, 1.807) is 0 Å². The monoisotopic (exact) mass is 460 g/mol. The average Bonchev–Trinajstić information content (AvgIpc) is 3.09. The van der Waals surface area contributed by atoms with Gasteiger partial charge in [0.05, 0.1) is 31.0 Å². The van der Waals surface area contributed by atoms with Crippen molar-refractivity contribution in [2.45, 2.75) is 116 Å². The number of hydrogen-bond donors (Lipinski definition) is 3. The Balaban J connectivity index is 1.62. The molecular formula is C29H48O4. The molecule has 0 aromatic heterocycles. The molecule has 0 heterocycles. The van der Waals surface area contributed by atoms with Gasteiger partial charge in [0.15, 0.2) is 0 Å². The van der Waals surface area contributed by atoms with Gasteiger partial charge in [0.1, 0.15) is 0 Å². The lowest BCUT2D eigenvalue weighted by Gasteiger charge is -2.43. The highest BCUT2D eigenvalue weighted by atomic mass is 16.5. The molecule has 33 heavy (non-hydrogen) atoms. The van der Waals surface area contributed by atoms with Gasteiger partial charge >= 0.3 is 0 Å². The van der Waals surface area contributed by atoms with Gasteiger partial charge in [-0.05, 0) is 87.0 Å². The van der Waals surface area contributed by atoms with Crippen molar-refractivity contribution < 1.29 is 20.1 Å². The summed E-state index contributed by atoms with van der Waals surface area (Å²) in [5, 5.41) is 30.9. The van der Waals surface area contributed by atoms with E-state index in [2.05, 4.69) is 39.5 Å². The molecule has 5 atom stereocenters. The zero-order valence-electron chi connectivity index (χ0n) is 21.3. The number of hydrogen-bond acceptors (Lipinski definition) is 4. The van der Waals surface area contributed by atoms with Crippen LogP contribution >= 0.6 is 0 Å². The van der Waals surface area contributed by atoms with Crippen molar-refractivity contribution in [3.63, 3.8) is 0 Å². The maximum atomic E-state index is 10.9. The van der Waals surface area contributed by atoms with Crippen LogP contribution in [-0.4, -0.2) is 46.3 Å². The fourth-order valence-electron chi connectivity index (χ4n) is 7.11. The first-order chi connectivity index (χ1) is 15.7. The highest BCUT2D eigenvalue weighted by molar-refractivity contribution is 5.28. The Kier molecular flexibility index (Phi) is 9.42. The van der Waals surface area contributed by atoms with E-state index in [9.17, 15) is 15.3 Å². The van der Waals surface area contributed by atoms with E-state index in [1.807, 2.05) is 0 Å². The van der Waals surface area contributed by atoms with Crippen LogP contribution in [0.1, 0.15) is 97.8 Å². The number of allylic oxidation sites excluding steroid dienone is 3. The number of aliphatic hydroxyl groups excluding tert-OH is 2. The summed E-state index contributed by atoms with van der Waals surface area (Å²) in [6.45, 7) is 12.1. The number of aliphatic hydroxyl groups is 3. The fourth-order valence-corrected chi connectivity index (χ4v) is 7.11. The van der Waals surface area contributed by atoms with E-state index < -0.39 is 17.8 Å². The van der Waals surface area contributed by atoms with Gasteiger partial charge in [0, 0.05) is 0 Å². The summed E-state index contributed by atoms with van der Waals surface area (Å²) in [6, 6.07) is 0. The lowest BCUT2D eigenvalue weighted by molar-refractivity contribution is -0.0547. The average molecular weight is 461 g/mol. The Morgan fingerprint density at radius 1 is 1.12 bits per heavy atom. The molecule has 4 heteroatoms. The summed E-state index contributed by atoms with van der Waals surface area (Å²) in [6.07, 6.45) is 14.9. The van der Waals surface area contributed by atoms with E-state index >= 15 is 0 Å². The van der Waals surface area contributed by atoms with Crippen LogP contribution in [0.4, 0.5) is 0 Å². The quantitative estimate of drug-likeness (QED) is 0.357. The maximum Gasteiger partial charge on any atom is 0.0880 e. The molecule has 3 fully saturated rings. The summed E-state index contributed by atoms with van der Waals surface area (Å²) in [4.78, 5) is 0. The number of ether oxygens (including phenoxy) is 1. The van der Waals surface area contributed by atoms with Crippen LogP contribution in [0.15, 0.2) is 35.5 Å². The second kappa shape index (κ2) is 11.7. The highest BCUT2D eigenvalue weighted by Gasteiger charge is 2.49. The molecule has 0 aliphatic heterocycles. The first-order valence-electron chi connectivity index (χ1n) is 13.4. The van der Waals surface area contributed by atoms with Gasteiger partial charge in [-0.2, -0.15) is 0 Å². The zero-order valence-corrected chi connectivity index (χ0v) is 21.3. The smallest absolute Gasteiger partial charge is 0.0880 e. The van der Waals surface area contributed by atoms with Gasteiger partial charge < -0.3 is 20.1 Å².